The number of nitrogens with zero attached hydrogens (tertiary/aromatic N) is 1. The predicted molar refractivity (Wildman–Crippen MR) is 76.9 cm³/mol. The second-order valence-corrected chi connectivity index (χ2v) is 7.11. The van der Waals surface area contributed by atoms with Crippen molar-refractivity contribution < 1.29 is 9.53 Å². The molecular formula is C12H22BrNO2S. The molecule has 0 saturated carbocycles. The minimum atomic E-state index is 0.225. The van der Waals surface area contributed by atoms with Crippen LogP contribution in [0, 0.1) is 5.92 Å². The molecule has 0 radical (unpaired) electrons. The van der Waals surface area contributed by atoms with Gasteiger partial charge in [-0.25, -0.2) is 0 Å². The fourth-order valence-corrected chi connectivity index (χ4v) is 3.89. The summed E-state index contributed by atoms with van der Waals surface area (Å²) in [6, 6.07) is 0. The van der Waals surface area contributed by atoms with Gasteiger partial charge in [-0.05, 0) is 30.3 Å². The average Bonchev–Trinajstić information content (AvgIpc) is 2.30. The number of carbonyl (C=O) groups is 1. The van der Waals surface area contributed by atoms with E-state index in [0.29, 0.717) is 25.5 Å². The summed E-state index contributed by atoms with van der Waals surface area (Å²) in [4.78, 5) is 14.1. The predicted octanol–water partition coefficient (Wildman–Crippen LogP) is 2.39. The van der Waals surface area contributed by atoms with E-state index in [2.05, 4.69) is 15.9 Å². The SMILES string of the molecule is COCC(Br)CN(C)C(=O)CC1CCSCC1. The molecule has 0 spiro atoms. The number of amides is 1. The van der Waals surface area contributed by atoms with Crippen molar-refractivity contribution >= 4 is 33.6 Å². The highest BCUT2D eigenvalue weighted by Gasteiger charge is 2.20. The van der Waals surface area contributed by atoms with Crippen LogP contribution in [0.25, 0.3) is 0 Å². The molecule has 1 unspecified atom stereocenters. The highest BCUT2D eigenvalue weighted by Crippen LogP contribution is 2.25. The van der Waals surface area contributed by atoms with Crippen LogP contribution >= 0.6 is 27.7 Å². The van der Waals surface area contributed by atoms with E-state index in [1.807, 2.05) is 23.7 Å². The Labute approximate surface area is 117 Å². The topological polar surface area (TPSA) is 29.5 Å². The molecule has 100 valence electrons. The zero-order valence-corrected chi connectivity index (χ0v) is 13.1. The van der Waals surface area contributed by atoms with Gasteiger partial charge < -0.3 is 9.64 Å². The van der Waals surface area contributed by atoms with E-state index in [-0.39, 0.29) is 10.7 Å². The van der Waals surface area contributed by atoms with Gasteiger partial charge in [0.05, 0.1) is 11.4 Å². The molecule has 0 aromatic heterocycles. The minimum absolute atomic E-state index is 0.225. The first-order valence-electron chi connectivity index (χ1n) is 6.08. The zero-order chi connectivity index (χ0) is 12.7. The van der Waals surface area contributed by atoms with E-state index >= 15 is 0 Å². The molecule has 0 aliphatic carbocycles. The smallest absolute Gasteiger partial charge is 0.222 e. The summed E-state index contributed by atoms with van der Waals surface area (Å²) >= 11 is 5.51. The summed E-state index contributed by atoms with van der Waals surface area (Å²) < 4.78 is 5.05. The third kappa shape index (κ3) is 6.11. The van der Waals surface area contributed by atoms with Crippen LogP contribution in [0.2, 0.25) is 0 Å². The Balaban J connectivity index is 2.25. The lowest BCUT2D eigenvalue weighted by Gasteiger charge is -2.25. The summed E-state index contributed by atoms with van der Waals surface area (Å²) in [5.41, 5.74) is 0. The van der Waals surface area contributed by atoms with Gasteiger partial charge in [0.25, 0.3) is 0 Å². The zero-order valence-electron chi connectivity index (χ0n) is 10.7. The summed E-state index contributed by atoms with van der Waals surface area (Å²) in [6.07, 6.45) is 3.10. The van der Waals surface area contributed by atoms with Crippen LogP contribution in [0.4, 0.5) is 0 Å². The maximum Gasteiger partial charge on any atom is 0.222 e. The van der Waals surface area contributed by atoms with E-state index in [1.54, 1.807) is 7.11 Å². The second-order valence-electron chi connectivity index (χ2n) is 4.59. The number of alkyl halides is 1. The highest BCUT2D eigenvalue weighted by molar-refractivity contribution is 9.09. The molecule has 1 atom stereocenters. The third-order valence-electron chi connectivity index (χ3n) is 3.05. The molecule has 1 aliphatic rings. The second kappa shape index (κ2) is 8.38. The number of thioether (sulfide) groups is 1. The van der Waals surface area contributed by atoms with Gasteiger partial charge in [-0.15, -0.1) is 0 Å². The fraction of sp³-hybridized carbons (Fsp3) is 0.917. The number of methoxy groups -OCH3 is 1. The maximum absolute atomic E-state index is 12.0. The van der Waals surface area contributed by atoms with Crippen LogP contribution in [-0.4, -0.2) is 54.4 Å². The Kier molecular flexibility index (Phi) is 7.55. The third-order valence-corrected chi connectivity index (χ3v) is 4.65. The molecule has 1 rings (SSSR count). The Bertz CT molecular complexity index is 235. The van der Waals surface area contributed by atoms with Gasteiger partial charge in [-0.1, -0.05) is 15.9 Å². The lowest BCUT2D eigenvalue weighted by molar-refractivity contribution is -0.131. The van der Waals surface area contributed by atoms with Crippen LogP contribution in [0.3, 0.4) is 0 Å². The summed E-state index contributed by atoms with van der Waals surface area (Å²) in [6.45, 7) is 1.35. The Morgan fingerprint density at radius 1 is 1.53 bits per heavy atom. The minimum Gasteiger partial charge on any atom is -0.383 e. The number of hydrogen-bond donors (Lipinski definition) is 0. The first-order valence-corrected chi connectivity index (χ1v) is 8.15. The lowest BCUT2D eigenvalue weighted by Crippen LogP contribution is -2.35. The molecule has 0 aromatic carbocycles. The highest BCUT2D eigenvalue weighted by atomic mass is 79.9. The normalized spacial score (nSPS) is 19.0. The van der Waals surface area contributed by atoms with E-state index in [1.165, 1.54) is 24.3 Å². The molecular weight excluding hydrogens is 302 g/mol. The van der Waals surface area contributed by atoms with Crippen molar-refractivity contribution in [1.82, 2.24) is 4.90 Å². The van der Waals surface area contributed by atoms with Gasteiger partial charge in [0.2, 0.25) is 5.91 Å². The van der Waals surface area contributed by atoms with E-state index in [4.69, 9.17) is 4.74 Å². The standard InChI is InChI=1S/C12H22BrNO2S/c1-14(8-11(13)9-16-2)12(15)7-10-3-5-17-6-4-10/h10-11H,3-9H2,1-2H3. The molecule has 0 aromatic rings. The number of hydrogen-bond acceptors (Lipinski definition) is 3. The van der Waals surface area contributed by atoms with Crippen molar-refractivity contribution in [1.29, 1.82) is 0 Å². The first kappa shape index (κ1) is 15.3. The van der Waals surface area contributed by atoms with E-state index in [0.717, 1.165) is 0 Å². The quantitative estimate of drug-likeness (QED) is 0.703. The number of rotatable bonds is 6. The average molecular weight is 324 g/mol. The molecule has 1 aliphatic heterocycles. The molecule has 1 amide bonds. The largest absolute Gasteiger partial charge is 0.383 e. The van der Waals surface area contributed by atoms with Crippen molar-refractivity contribution in [2.24, 2.45) is 5.92 Å². The molecule has 1 heterocycles. The first-order chi connectivity index (χ1) is 8.13. The number of halogens is 1. The van der Waals surface area contributed by atoms with Crippen molar-refractivity contribution in [2.45, 2.75) is 24.1 Å². The van der Waals surface area contributed by atoms with Crippen LogP contribution in [0.5, 0.6) is 0 Å². The molecule has 0 bridgehead atoms. The van der Waals surface area contributed by atoms with Gasteiger partial charge in [0, 0.05) is 27.1 Å². The number of carbonyl (C=O) groups excluding carboxylic acids is 1. The summed E-state index contributed by atoms with van der Waals surface area (Å²) in [5, 5.41) is 0. The lowest BCUT2D eigenvalue weighted by atomic mass is 9.98. The Hall–Kier alpha value is 0.260. The van der Waals surface area contributed by atoms with Gasteiger partial charge in [0.15, 0.2) is 0 Å². The maximum atomic E-state index is 12.0. The van der Waals surface area contributed by atoms with E-state index < -0.39 is 0 Å². The van der Waals surface area contributed by atoms with Crippen LogP contribution in [-0.2, 0) is 9.53 Å². The molecule has 1 saturated heterocycles. The molecule has 1 fully saturated rings. The van der Waals surface area contributed by atoms with Gasteiger partial charge in [-0.2, -0.15) is 11.8 Å². The van der Waals surface area contributed by atoms with Gasteiger partial charge in [-0.3, -0.25) is 4.79 Å². The molecule has 17 heavy (non-hydrogen) atoms. The van der Waals surface area contributed by atoms with Gasteiger partial charge in [0.1, 0.15) is 0 Å². The van der Waals surface area contributed by atoms with E-state index in [9.17, 15) is 4.79 Å². The van der Waals surface area contributed by atoms with Crippen LogP contribution in [0.1, 0.15) is 19.3 Å². The van der Waals surface area contributed by atoms with Crippen molar-refractivity contribution in [3.8, 4) is 0 Å². The monoisotopic (exact) mass is 323 g/mol. The van der Waals surface area contributed by atoms with Gasteiger partial charge >= 0.3 is 0 Å². The fourth-order valence-electron chi connectivity index (χ4n) is 1.99. The van der Waals surface area contributed by atoms with Crippen LogP contribution in [0.15, 0.2) is 0 Å². The van der Waals surface area contributed by atoms with Crippen molar-refractivity contribution in [3.63, 3.8) is 0 Å². The molecule has 0 N–H and O–H groups in total. The van der Waals surface area contributed by atoms with Crippen LogP contribution < -0.4 is 0 Å². The molecule has 5 heteroatoms. The Morgan fingerprint density at radius 2 is 2.18 bits per heavy atom. The Morgan fingerprint density at radius 3 is 2.76 bits per heavy atom. The van der Waals surface area contributed by atoms with Crippen molar-refractivity contribution in [3.05, 3.63) is 0 Å². The summed E-state index contributed by atoms with van der Waals surface area (Å²) in [7, 11) is 3.56. The number of ether oxygens (including phenoxy) is 1. The summed E-state index contributed by atoms with van der Waals surface area (Å²) in [5.74, 6) is 3.29. The molecule has 3 nitrogen and oxygen atoms in total. The van der Waals surface area contributed by atoms with Crippen molar-refractivity contribution in [2.75, 3.05) is 38.8 Å².